The van der Waals surface area contributed by atoms with Crippen molar-refractivity contribution in [3.8, 4) is 0 Å². The zero-order chi connectivity index (χ0) is 15.4. The van der Waals surface area contributed by atoms with Crippen LogP contribution >= 0.6 is 0 Å². The number of nitrogens with one attached hydrogen (secondary N) is 1. The number of piperidine rings is 1. The van der Waals surface area contributed by atoms with Gasteiger partial charge in [-0.2, -0.15) is 0 Å². The minimum Gasteiger partial charge on any atom is -0.477 e. The summed E-state index contributed by atoms with van der Waals surface area (Å²) in [5.74, 6) is -1.44. The van der Waals surface area contributed by atoms with E-state index in [9.17, 15) is 14.4 Å². The Bertz CT molecular complexity index is 565. The molecule has 1 saturated heterocycles. The number of likely N-dealkylation sites (tertiary alicyclic amines) is 1. The van der Waals surface area contributed by atoms with Gasteiger partial charge in [-0.25, -0.2) is 9.78 Å². The van der Waals surface area contributed by atoms with E-state index in [-0.39, 0.29) is 29.1 Å². The minimum atomic E-state index is -1.17. The fourth-order valence-electron chi connectivity index (χ4n) is 2.30. The summed E-state index contributed by atoms with van der Waals surface area (Å²) in [6.45, 7) is 2.78. The second-order valence-electron chi connectivity index (χ2n) is 4.99. The Morgan fingerprint density at radius 3 is 2.57 bits per heavy atom. The fourth-order valence-corrected chi connectivity index (χ4v) is 2.30. The van der Waals surface area contributed by atoms with Crippen molar-refractivity contribution < 1.29 is 19.5 Å². The zero-order valence-corrected chi connectivity index (χ0v) is 11.7. The van der Waals surface area contributed by atoms with E-state index in [2.05, 4.69) is 10.3 Å². The molecule has 7 nitrogen and oxygen atoms in total. The average Bonchev–Trinajstić information content (AvgIpc) is 2.48. The molecule has 1 aromatic rings. The molecule has 2 N–H and O–H groups in total. The summed E-state index contributed by atoms with van der Waals surface area (Å²) >= 11 is 0. The highest BCUT2D eigenvalue weighted by atomic mass is 16.4. The lowest BCUT2D eigenvalue weighted by molar-refractivity contribution is -0.129. The molecule has 2 heterocycles. The standard InChI is InChI=1S/C14H17N3O4/c1-9(18)17-6-3-11(4-7-17)16-13(19)10-2-5-15-12(8-10)14(20)21/h2,5,8,11H,3-4,6-7H2,1H3,(H,16,19)(H,20,21). The van der Waals surface area contributed by atoms with Crippen molar-refractivity contribution in [1.29, 1.82) is 0 Å². The topological polar surface area (TPSA) is 99.6 Å². The molecule has 2 amide bonds. The fraction of sp³-hybridized carbons (Fsp3) is 0.429. The molecule has 0 saturated carbocycles. The number of amides is 2. The molecule has 1 aliphatic heterocycles. The van der Waals surface area contributed by atoms with Gasteiger partial charge in [-0.15, -0.1) is 0 Å². The van der Waals surface area contributed by atoms with Crippen LogP contribution in [0.15, 0.2) is 18.3 Å². The number of aromatic nitrogens is 1. The third-order valence-corrected chi connectivity index (χ3v) is 3.52. The lowest BCUT2D eigenvalue weighted by Gasteiger charge is -2.31. The number of nitrogens with zero attached hydrogens (tertiary/aromatic N) is 2. The van der Waals surface area contributed by atoms with Gasteiger partial charge in [0.2, 0.25) is 5.91 Å². The number of aromatic carboxylic acids is 1. The van der Waals surface area contributed by atoms with Crippen LogP contribution in [0.1, 0.15) is 40.6 Å². The van der Waals surface area contributed by atoms with Crippen LogP contribution in [0, 0.1) is 0 Å². The van der Waals surface area contributed by atoms with Gasteiger partial charge in [-0.3, -0.25) is 9.59 Å². The number of carbonyl (C=O) groups is 3. The van der Waals surface area contributed by atoms with E-state index in [1.54, 1.807) is 4.90 Å². The zero-order valence-electron chi connectivity index (χ0n) is 11.7. The number of pyridine rings is 1. The number of carbonyl (C=O) groups excluding carboxylic acids is 2. The third-order valence-electron chi connectivity index (χ3n) is 3.52. The normalized spacial score (nSPS) is 15.6. The van der Waals surface area contributed by atoms with Gasteiger partial charge in [0, 0.05) is 37.8 Å². The summed E-state index contributed by atoms with van der Waals surface area (Å²) in [5.41, 5.74) is 0.116. The highest BCUT2D eigenvalue weighted by Crippen LogP contribution is 2.11. The maximum atomic E-state index is 12.1. The van der Waals surface area contributed by atoms with Gasteiger partial charge >= 0.3 is 5.97 Å². The second kappa shape index (κ2) is 6.34. The first-order valence-corrected chi connectivity index (χ1v) is 6.73. The predicted octanol–water partition coefficient (Wildman–Crippen LogP) is 0.520. The molecule has 0 bridgehead atoms. The number of carboxylic acids is 1. The molecule has 0 aliphatic carbocycles. The molecule has 0 aromatic carbocycles. The van der Waals surface area contributed by atoms with Gasteiger partial charge in [-0.05, 0) is 25.0 Å². The summed E-state index contributed by atoms with van der Waals surface area (Å²) in [6.07, 6.45) is 2.70. The van der Waals surface area contributed by atoms with Gasteiger partial charge in [0.1, 0.15) is 5.69 Å². The molecule has 112 valence electrons. The van der Waals surface area contributed by atoms with E-state index >= 15 is 0 Å². The van der Waals surface area contributed by atoms with Gasteiger partial charge in [-0.1, -0.05) is 0 Å². The SMILES string of the molecule is CC(=O)N1CCC(NC(=O)c2ccnc(C(=O)O)c2)CC1. The van der Waals surface area contributed by atoms with Crippen molar-refractivity contribution in [3.05, 3.63) is 29.6 Å². The summed E-state index contributed by atoms with van der Waals surface area (Å²) in [5, 5.41) is 11.7. The Kier molecular flexibility index (Phi) is 4.52. The lowest BCUT2D eigenvalue weighted by atomic mass is 10.0. The predicted molar refractivity (Wildman–Crippen MR) is 73.9 cm³/mol. The highest BCUT2D eigenvalue weighted by Gasteiger charge is 2.22. The molecular formula is C14H17N3O4. The summed E-state index contributed by atoms with van der Waals surface area (Å²) < 4.78 is 0. The second-order valence-corrected chi connectivity index (χ2v) is 4.99. The molecular weight excluding hydrogens is 274 g/mol. The van der Waals surface area contributed by atoms with E-state index in [4.69, 9.17) is 5.11 Å². The van der Waals surface area contributed by atoms with Gasteiger partial charge < -0.3 is 15.3 Å². The van der Waals surface area contributed by atoms with Crippen LogP contribution < -0.4 is 5.32 Å². The summed E-state index contributed by atoms with van der Waals surface area (Å²) in [4.78, 5) is 39.6. The highest BCUT2D eigenvalue weighted by molar-refractivity contribution is 5.96. The van der Waals surface area contributed by atoms with Gasteiger partial charge in [0.15, 0.2) is 0 Å². The Labute approximate surface area is 122 Å². The van der Waals surface area contributed by atoms with E-state index in [0.717, 1.165) is 0 Å². The maximum Gasteiger partial charge on any atom is 0.354 e. The van der Waals surface area contributed by atoms with Crippen molar-refractivity contribution >= 4 is 17.8 Å². The number of hydrogen-bond acceptors (Lipinski definition) is 4. The smallest absolute Gasteiger partial charge is 0.354 e. The van der Waals surface area contributed by atoms with E-state index < -0.39 is 5.97 Å². The van der Waals surface area contributed by atoms with Gasteiger partial charge in [0.05, 0.1) is 0 Å². The van der Waals surface area contributed by atoms with Crippen LogP contribution in [0.2, 0.25) is 0 Å². The molecule has 1 aromatic heterocycles. The third kappa shape index (κ3) is 3.77. The van der Waals surface area contributed by atoms with Crippen LogP contribution in [0.4, 0.5) is 0 Å². The van der Waals surface area contributed by atoms with Crippen molar-refractivity contribution in [2.75, 3.05) is 13.1 Å². The van der Waals surface area contributed by atoms with Crippen molar-refractivity contribution in [2.24, 2.45) is 0 Å². The molecule has 0 unspecified atom stereocenters. The Hall–Kier alpha value is -2.44. The first-order valence-electron chi connectivity index (χ1n) is 6.73. The first-order chi connectivity index (χ1) is 9.97. The largest absolute Gasteiger partial charge is 0.477 e. The Morgan fingerprint density at radius 2 is 2.00 bits per heavy atom. The summed E-state index contributed by atoms with van der Waals surface area (Å²) in [7, 11) is 0. The molecule has 0 atom stereocenters. The molecule has 0 radical (unpaired) electrons. The number of carboxylic acid groups (broad SMARTS) is 1. The van der Waals surface area contributed by atoms with Crippen LogP contribution in [-0.2, 0) is 4.79 Å². The number of rotatable bonds is 3. The lowest BCUT2D eigenvalue weighted by Crippen LogP contribution is -2.46. The molecule has 21 heavy (non-hydrogen) atoms. The van der Waals surface area contributed by atoms with Crippen LogP contribution in [0.25, 0.3) is 0 Å². The van der Waals surface area contributed by atoms with Crippen molar-refractivity contribution in [1.82, 2.24) is 15.2 Å². The summed E-state index contributed by atoms with van der Waals surface area (Å²) in [6, 6.07) is 2.73. The first kappa shape index (κ1) is 15.0. The van der Waals surface area contributed by atoms with Crippen molar-refractivity contribution in [2.45, 2.75) is 25.8 Å². The molecule has 1 aliphatic rings. The average molecular weight is 291 g/mol. The molecule has 1 fully saturated rings. The Morgan fingerprint density at radius 1 is 1.33 bits per heavy atom. The van der Waals surface area contributed by atoms with Gasteiger partial charge in [0.25, 0.3) is 5.91 Å². The van der Waals surface area contributed by atoms with E-state index in [1.165, 1.54) is 25.3 Å². The molecule has 7 heteroatoms. The molecule has 2 rings (SSSR count). The monoisotopic (exact) mass is 291 g/mol. The molecule has 0 spiro atoms. The maximum absolute atomic E-state index is 12.1. The van der Waals surface area contributed by atoms with E-state index in [0.29, 0.717) is 25.9 Å². The van der Waals surface area contributed by atoms with Crippen LogP contribution in [0.3, 0.4) is 0 Å². The minimum absolute atomic E-state index is 0.00505. The van der Waals surface area contributed by atoms with E-state index in [1.807, 2.05) is 0 Å². The van der Waals surface area contributed by atoms with Crippen LogP contribution in [-0.4, -0.2) is 51.9 Å². The number of hydrogen-bond donors (Lipinski definition) is 2. The van der Waals surface area contributed by atoms with Crippen molar-refractivity contribution in [3.63, 3.8) is 0 Å². The Balaban J connectivity index is 1.95. The van der Waals surface area contributed by atoms with Crippen LogP contribution in [0.5, 0.6) is 0 Å². The quantitative estimate of drug-likeness (QED) is 0.845.